The molecule has 0 unspecified atom stereocenters. The lowest BCUT2D eigenvalue weighted by Crippen LogP contribution is -2.43. The van der Waals surface area contributed by atoms with Crippen LogP contribution in [0.15, 0.2) is 36.4 Å². The number of hydrogen-bond acceptors (Lipinski definition) is 3. The summed E-state index contributed by atoms with van der Waals surface area (Å²) in [6.45, 7) is 8.78. The molecule has 0 aliphatic rings. The largest absolute Gasteiger partial charge is 0.348 e. The van der Waals surface area contributed by atoms with E-state index in [9.17, 15) is 23.2 Å². The van der Waals surface area contributed by atoms with Crippen molar-refractivity contribution >= 4 is 18.1 Å². The highest BCUT2D eigenvalue weighted by Gasteiger charge is 2.20. The molecule has 2 rings (SSSR count). The average Bonchev–Trinajstić information content (AvgIpc) is 2.80. The van der Waals surface area contributed by atoms with Gasteiger partial charge in [0.05, 0.1) is 6.04 Å². The first-order chi connectivity index (χ1) is 16.7. The van der Waals surface area contributed by atoms with Gasteiger partial charge in [-0.2, -0.15) is 0 Å². The van der Waals surface area contributed by atoms with Crippen LogP contribution in [-0.2, 0) is 11.2 Å². The maximum Gasteiger partial charge on any atom is 0.253 e. The zero-order chi connectivity index (χ0) is 26.0. The molecule has 2 aromatic rings. The van der Waals surface area contributed by atoms with E-state index in [4.69, 9.17) is 0 Å². The minimum Gasteiger partial charge on any atom is -0.348 e. The molecule has 0 bridgehead atoms. The van der Waals surface area contributed by atoms with Crippen LogP contribution < -0.4 is 10.6 Å². The van der Waals surface area contributed by atoms with Gasteiger partial charge in [0.2, 0.25) is 0 Å². The second-order valence-electron chi connectivity index (χ2n) is 8.77. The zero-order valence-corrected chi connectivity index (χ0v) is 20.8. The number of aldehydes is 1. The molecule has 2 amide bonds. The van der Waals surface area contributed by atoms with Gasteiger partial charge < -0.3 is 15.0 Å². The molecule has 2 atom stereocenters. The number of carbonyl (C=O) groups excluding carboxylic acids is 3. The first-order valence-corrected chi connectivity index (χ1v) is 12.0. The van der Waals surface area contributed by atoms with Crippen LogP contribution in [0.2, 0.25) is 0 Å². The molecular weight excluding hydrogens is 452 g/mol. The van der Waals surface area contributed by atoms with E-state index in [1.807, 2.05) is 20.8 Å². The number of amides is 2. The summed E-state index contributed by atoms with van der Waals surface area (Å²) in [5.74, 6) is -1.99. The fraction of sp³-hybridized carbons (Fsp3) is 0.444. The van der Waals surface area contributed by atoms with Crippen molar-refractivity contribution in [2.75, 3.05) is 19.6 Å². The third-order valence-corrected chi connectivity index (χ3v) is 5.41. The van der Waals surface area contributed by atoms with Gasteiger partial charge in [0.1, 0.15) is 17.9 Å². The van der Waals surface area contributed by atoms with Crippen LogP contribution in [0, 0.1) is 18.6 Å². The summed E-state index contributed by atoms with van der Waals surface area (Å²) in [5, 5.41) is 7.08. The van der Waals surface area contributed by atoms with E-state index in [1.54, 1.807) is 30.0 Å². The van der Waals surface area contributed by atoms with Crippen molar-refractivity contribution in [1.82, 2.24) is 15.5 Å². The van der Waals surface area contributed by atoms with E-state index in [0.29, 0.717) is 36.1 Å². The highest BCUT2D eigenvalue weighted by atomic mass is 19.1. The van der Waals surface area contributed by atoms with Gasteiger partial charge in [-0.25, -0.2) is 14.1 Å². The van der Waals surface area contributed by atoms with E-state index in [2.05, 4.69) is 10.6 Å². The van der Waals surface area contributed by atoms with Crippen LogP contribution in [-0.4, -0.2) is 54.7 Å². The number of aryl methyl sites for hydroxylation is 1. The fourth-order valence-corrected chi connectivity index (χ4v) is 3.85. The van der Waals surface area contributed by atoms with Crippen LogP contribution in [0.5, 0.6) is 0 Å². The van der Waals surface area contributed by atoms with E-state index in [0.717, 1.165) is 24.5 Å². The Morgan fingerprint density at radius 1 is 1.00 bits per heavy atom. The molecule has 0 aliphatic carbocycles. The second-order valence-corrected chi connectivity index (χ2v) is 8.77. The number of hydrogen-bond donors (Lipinski definition) is 1. The van der Waals surface area contributed by atoms with Crippen molar-refractivity contribution in [2.24, 2.45) is 0 Å². The summed E-state index contributed by atoms with van der Waals surface area (Å²) in [4.78, 5) is 39.0. The standard InChI is InChI=1S/C27H34F2N3O3/c1-5-7-32(8-6-2)27(35)22-10-18(3)9-21(14-22)26(34)31-25(16-30-19(4)17-33)13-20-11-23(28)15-24(29)12-20/h9-12,14-15,17,19,25H,5-8,13,16H2,1-4H3,(H,31,34)/t19-,25-/m0/s1. The molecule has 0 heterocycles. The van der Waals surface area contributed by atoms with Gasteiger partial charge in [0.15, 0.2) is 0 Å². The molecule has 0 saturated carbocycles. The van der Waals surface area contributed by atoms with Gasteiger partial charge >= 0.3 is 0 Å². The highest BCUT2D eigenvalue weighted by Crippen LogP contribution is 2.15. The fourth-order valence-electron chi connectivity index (χ4n) is 3.85. The molecule has 189 valence electrons. The molecule has 8 heteroatoms. The molecule has 35 heavy (non-hydrogen) atoms. The Kier molecular flexibility index (Phi) is 11.0. The maximum absolute atomic E-state index is 13.7. The summed E-state index contributed by atoms with van der Waals surface area (Å²) in [6.07, 6.45) is 2.46. The van der Waals surface area contributed by atoms with E-state index in [1.165, 1.54) is 12.1 Å². The monoisotopic (exact) mass is 486 g/mol. The summed E-state index contributed by atoms with van der Waals surface area (Å²) in [5.41, 5.74) is 1.86. The molecule has 0 aromatic heterocycles. The molecular formula is C27H34F2N3O3. The predicted molar refractivity (Wildman–Crippen MR) is 132 cm³/mol. The molecule has 1 N–H and O–H groups in total. The second kappa shape index (κ2) is 13.7. The third-order valence-electron chi connectivity index (χ3n) is 5.41. The van der Waals surface area contributed by atoms with Crippen LogP contribution >= 0.6 is 0 Å². The Bertz CT molecular complexity index is 1000. The zero-order valence-electron chi connectivity index (χ0n) is 20.8. The summed E-state index contributed by atoms with van der Waals surface area (Å²) < 4.78 is 27.4. The van der Waals surface area contributed by atoms with Gasteiger partial charge in [-0.3, -0.25) is 9.59 Å². The molecule has 1 radical (unpaired) electrons. The molecule has 0 fully saturated rings. The van der Waals surface area contributed by atoms with Gasteiger partial charge in [-0.15, -0.1) is 0 Å². The topological polar surface area (TPSA) is 80.6 Å². The Balaban J connectivity index is 2.26. The van der Waals surface area contributed by atoms with Crippen LogP contribution in [0.3, 0.4) is 0 Å². The number of benzene rings is 2. The van der Waals surface area contributed by atoms with Crippen LogP contribution in [0.25, 0.3) is 0 Å². The normalized spacial score (nSPS) is 12.6. The lowest BCUT2D eigenvalue weighted by Gasteiger charge is -2.23. The third kappa shape index (κ3) is 8.87. The van der Waals surface area contributed by atoms with E-state index in [-0.39, 0.29) is 18.9 Å². The quantitative estimate of drug-likeness (QED) is 0.434. The van der Waals surface area contributed by atoms with Gasteiger partial charge in [-0.05, 0) is 74.6 Å². The van der Waals surface area contributed by atoms with Crippen molar-refractivity contribution in [3.8, 4) is 0 Å². The predicted octanol–water partition coefficient (Wildman–Crippen LogP) is 4.07. The summed E-state index contributed by atoms with van der Waals surface area (Å²) in [6, 6.07) is 6.99. The van der Waals surface area contributed by atoms with E-state index < -0.39 is 29.6 Å². The summed E-state index contributed by atoms with van der Waals surface area (Å²) >= 11 is 0. The molecule has 2 aromatic carbocycles. The smallest absolute Gasteiger partial charge is 0.253 e. The van der Waals surface area contributed by atoms with Crippen LogP contribution in [0.4, 0.5) is 8.78 Å². The number of nitrogens with zero attached hydrogens (tertiary/aromatic N) is 2. The Morgan fingerprint density at radius 3 is 2.17 bits per heavy atom. The molecule has 0 saturated heterocycles. The highest BCUT2D eigenvalue weighted by molar-refractivity contribution is 6.00. The SMILES string of the molecule is CCCN(CCC)C(=O)c1cc(C)cc(C(=O)N[C@H](C[N][C@@H](C)C=O)Cc2cc(F)cc(F)c2)c1. The Morgan fingerprint density at radius 2 is 1.60 bits per heavy atom. The molecule has 0 aliphatic heterocycles. The van der Waals surface area contributed by atoms with Gasteiger partial charge in [0.25, 0.3) is 11.8 Å². The summed E-state index contributed by atoms with van der Waals surface area (Å²) in [7, 11) is 0. The van der Waals surface area contributed by atoms with Crippen molar-refractivity contribution in [2.45, 2.75) is 59.0 Å². The molecule has 0 spiro atoms. The van der Waals surface area contributed by atoms with Crippen molar-refractivity contribution in [3.63, 3.8) is 0 Å². The number of rotatable bonds is 13. The number of carbonyl (C=O) groups is 3. The lowest BCUT2D eigenvalue weighted by atomic mass is 10.0. The van der Waals surface area contributed by atoms with Crippen molar-refractivity contribution < 1.29 is 23.2 Å². The Hall–Kier alpha value is -3.13. The Labute approximate surface area is 206 Å². The van der Waals surface area contributed by atoms with E-state index >= 15 is 0 Å². The number of nitrogens with one attached hydrogen (secondary N) is 1. The lowest BCUT2D eigenvalue weighted by molar-refractivity contribution is -0.109. The first kappa shape index (κ1) is 28.1. The maximum atomic E-state index is 13.7. The van der Waals surface area contributed by atoms with Gasteiger partial charge in [-0.1, -0.05) is 13.8 Å². The minimum absolute atomic E-state index is 0.0855. The van der Waals surface area contributed by atoms with Gasteiger partial charge in [0, 0.05) is 42.9 Å². The van der Waals surface area contributed by atoms with Crippen LogP contribution in [0.1, 0.15) is 65.5 Å². The molecule has 6 nitrogen and oxygen atoms in total. The minimum atomic E-state index is -0.714. The van der Waals surface area contributed by atoms with Crippen molar-refractivity contribution in [3.05, 3.63) is 70.3 Å². The number of halogens is 2. The average molecular weight is 487 g/mol. The van der Waals surface area contributed by atoms with Crippen molar-refractivity contribution in [1.29, 1.82) is 0 Å². The first-order valence-electron chi connectivity index (χ1n) is 12.0.